The third-order valence-electron chi connectivity index (χ3n) is 7.07. The minimum Gasteiger partial charge on any atom is -0.497 e. The second kappa shape index (κ2) is 12.5. The number of hydrogen-bond donors (Lipinski definition) is 0. The minimum atomic E-state index is -0.0552. The van der Waals surface area contributed by atoms with E-state index in [-0.39, 0.29) is 5.91 Å². The summed E-state index contributed by atoms with van der Waals surface area (Å²) in [4.78, 5) is 19.7. The Morgan fingerprint density at radius 2 is 1.31 bits per heavy atom. The van der Waals surface area contributed by atoms with Crippen molar-refractivity contribution in [2.24, 2.45) is 0 Å². The van der Waals surface area contributed by atoms with E-state index in [9.17, 15) is 4.79 Å². The van der Waals surface area contributed by atoms with Crippen molar-refractivity contribution in [2.45, 2.75) is 19.6 Å². The number of furan rings is 1. The molecular formula is C32H35N3O4. The lowest BCUT2D eigenvalue weighted by Gasteiger charge is -2.35. The van der Waals surface area contributed by atoms with Crippen LogP contribution in [0.1, 0.15) is 27.4 Å². The zero-order valence-electron chi connectivity index (χ0n) is 22.6. The highest BCUT2D eigenvalue weighted by Gasteiger charge is 2.25. The Labute approximate surface area is 230 Å². The van der Waals surface area contributed by atoms with E-state index in [2.05, 4.69) is 58.3 Å². The number of anilines is 1. The lowest BCUT2D eigenvalue weighted by Crippen LogP contribution is -2.48. The van der Waals surface area contributed by atoms with Gasteiger partial charge < -0.3 is 23.7 Å². The number of nitrogens with zero attached hydrogens (tertiary/aromatic N) is 3. The Kier molecular flexibility index (Phi) is 8.48. The zero-order chi connectivity index (χ0) is 27.0. The first-order valence-corrected chi connectivity index (χ1v) is 13.3. The molecular weight excluding hydrogens is 490 g/mol. The van der Waals surface area contributed by atoms with Crippen molar-refractivity contribution < 1.29 is 18.7 Å². The Balaban J connectivity index is 1.21. The molecule has 0 spiro atoms. The molecule has 1 aliphatic rings. The van der Waals surface area contributed by atoms with Gasteiger partial charge in [0.25, 0.3) is 5.91 Å². The molecule has 0 aliphatic carbocycles. The van der Waals surface area contributed by atoms with Gasteiger partial charge in [0, 0.05) is 45.0 Å². The van der Waals surface area contributed by atoms with Crippen LogP contribution in [0.3, 0.4) is 0 Å². The van der Waals surface area contributed by atoms with E-state index in [1.165, 1.54) is 11.1 Å². The smallest absolute Gasteiger partial charge is 0.289 e. The van der Waals surface area contributed by atoms with Crippen LogP contribution in [0, 0.1) is 0 Å². The summed E-state index contributed by atoms with van der Waals surface area (Å²) >= 11 is 0. The van der Waals surface area contributed by atoms with E-state index in [1.807, 2.05) is 47.4 Å². The number of benzene rings is 3. The van der Waals surface area contributed by atoms with Gasteiger partial charge in [-0.2, -0.15) is 0 Å². The van der Waals surface area contributed by atoms with Gasteiger partial charge >= 0.3 is 0 Å². The van der Waals surface area contributed by atoms with Crippen LogP contribution in [0.15, 0.2) is 95.4 Å². The molecule has 4 aromatic rings. The number of amides is 1. The molecule has 1 fully saturated rings. The molecule has 7 nitrogen and oxygen atoms in total. The van der Waals surface area contributed by atoms with Gasteiger partial charge in [-0.15, -0.1) is 0 Å². The summed E-state index contributed by atoms with van der Waals surface area (Å²) in [5.74, 6) is 2.80. The fraction of sp³-hybridized carbons (Fsp3) is 0.281. The maximum atomic E-state index is 13.2. The fourth-order valence-corrected chi connectivity index (χ4v) is 4.91. The van der Waals surface area contributed by atoms with Crippen molar-refractivity contribution in [1.82, 2.24) is 9.80 Å². The highest BCUT2D eigenvalue weighted by atomic mass is 16.5. The van der Waals surface area contributed by atoms with Crippen molar-refractivity contribution in [1.29, 1.82) is 0 Å². The molecule has 1 saturated heterocycles. The predicted molar refractivity (Wildman–Crippen MR) is 152 cm³/mol. The van der Waals surface area contributed by atoms with Crippen molar-refractivity contribution in [3.05, 3.63) is 114 Å². The second-order valence-corrected chi connectivity index (χ2v) is 9.72. The number of piperazine rings is 1. The Bertz CT molecular complexity index is 1330. The van der Waals surface area contributed by atoms with Gasteiger partial charge in [0.05, 0.1) is 20.8 Å². The van der Waals surface area contributed by atoms with Crippen molar-refractivity contribution in [3.8, 4) is 11.5 Å². The van der Waals surface area contributed by atoms with Crippen LogP contribution >= 0.6 is 0 Å². The summed E-state index contributed by atoms with van der Waals surface area (Å²) in [6, 6.07) is 30.3. The molecule has 1 amide bonds. The first-order valence-electron chi connectivity index (χ1n) is 13.3. The fourth-order valence-electron chi connectivity index (χ4n) is 4.91. The third-order valence-corrected chi connectivity index (χ3v) is 7.07. The summed E-state index contributed by atoms with van der Waals surface area (Å²) in [6.07, 6.45) is 0. The quantitative estimate of drug-likeness (QED) is 0.274. The van der Waals surface area contributed by atoms with E-state index in [0.29, 0.717) is 25.4 Å². The molecule has 2 heterocycles. The van der Waals surface area contributed by atoms with Crippen LogP contribution in [-0.2, 0) is 19.6 Å². The van der Waals surface area contributed by atoms with E-state index in [4.69, 9.17) is 13.9 Å². The van der Waals surface area contributed by atoms with Crippen LogP contribution in [-0.4, -0.2) is 56.1 Å². The van der Waals surface area contributed by atoms with Gasteiger partial charge in [0.15, 0.2) is 5.76 Å². The molecule has 0 radical (unpaired) electrons. The standard InChI is InChI=1S/C32H35N3O4/c1-37-28-12-8-26(9-13-28)23-33(22-25-6-4-3-5-7-25)24-30-16-17-31(39-30)32(36)35-20-18-34(19-21-35)27-10-14-29(38-2)15-11-27/h3-17H,18-24H2,1-2H3. The van der Waals surface area contributed by atoms with Gasteiger partial charge in [-0.1, -0.05) is 42.5 Å². The molecule has 1 aromatic heterocycles. The lowest BCUT2D eigenvalue weighted by molar-refractivity contribution is 0.0710. The van der Waals surface area contributed by atoms with Gasteiger partial charge in [-0.25, -0.2) is 0 Å². The van der Waals surface area contributed by atoms with E-state index in [1.54, 1.807) is 14.2 Å². The summed E-state index contributed by atoms with van der Waals surface area (Å²) in [5, 5.41) is 0. The molecule has 39 heavy (non-hydrogen) atoms. The van der Waals surface area contributed by atoms with E-state index >= 15 is 0 Å². The molecule has 0 saturated carbocycles. The van der Waals surface area contributed by atoms with Gasteiger partial charge in [0.2, 0.25) is 0 Å². The normalized spacial score (nSPS) is 13.5. The molecule has 0 atom stereocenters. The molecule has 0 N–H and O–H groups in total. The van der Waals surface area contributed by atoms with Crippen LogP contribution in [0.4, 0.5) is 5.69 Å². The molecule has 7 heteroatoms. The number of hydrogen-bond acceptors (Lipinski definition) is 6. The first-order chi connectivity index (χ1) is 19.1. The summed E-state index contributed by atoms with van der Waals surface area (Å²) in [5.41, 5.74) is 3.55. The van der Waals surface area contributed by atoms with Crippen molar-refractivity contribution >= 4 is 11.6 Å². The monoisotopic (exact) mass is 525 g/mol. The molecule has 202 valence electrons. The Hall–Kier alpha value is -4.23. The minimum absolute atomic E-state index is 0.0552. The SMILES string of the molecule is COc1ccc(CN(Cc2ccccc2)Cc2ccc(C(=O)N3CCN(c4ccc(OC)cc4)CC3)o2)cc1. The number of carbonyl (C=O) groups excluding carboxylic acids is 1. The van der Waals surface area contributed by atoms with Crippen LogP contribution in [0.5, 0.6) is 11.5 Å². The summed E-state index contributed by atoms with van der Waals surface area (Å²) in [6.45, 7) is 4.97. The largest absolute Gasteiger partial charge is 0.497 e. The van der Waals surface area contributed by atoms with Crippen LogP contribution in [0.2, 0.25) is 0 Å². The molecule has 1 aliphatic heterocycles. The number of carbonyl (C=O) groups is 1. The average molecular weight is 526 g/mol. The van der Waals surface area contributed by atoms with Crippen LogP contribution in [0.25, 0.3) is 0 Å². The molecule has 3 aromatic carbocycles. The van der Waals surface area contributed by atoms with Crippen molar-refractivity contribution in [2.75, 3.05) is 45.3 Å². The van der Waals surface area contributed by atoms with Gasteiger partial charge in [0.1, 0.15) is 17.3 Å². The van der Waals surface area contributed by atoms with Gasteiger partial charge in [-0.3, -0.25) is 9.69 Å². The number of methoxy groups -OCH3 is 2. The van der Waals surface area contributed by atoms with E-state index < -0.39 is 0 Å². The summed E-state index contributed by atoms with van der Waals surface area (Å²) in [7, 11) is 3.34. The zero-order valence-corrected chi connectivity index (χ0v) is 22.6. The first kappa shape index (κ1) is 26.4. The van der Waals surface area contributed by atoms with E-state index in [0.717, 1.165) is 49.1 Å². The predicted octanol–water partition coefficient (Wildman–Crippen LogP) is 5.46. The molecule has 0 bridgehead atoms. The average Bonchev–Trinajstić information content (AvgIpc) is 3.46. The van der Waals surface area contributed by atoms with Crippen molar-refractivity contribution in [3.63, 3.8) is 0 Å². The Morgan fingerprint density at radius 3 is 1.92 bits per heavy atom. The summed E-state index contributed by atoms with van der Waals surface area (Å²) < 4.78 is 16.7. The van der Waals surface area contributed by atoms with Crippen LogP contribution < -0.4 is 14.4 Å². The van der Waals surface area contributed by atoms with Gasteiger partial charge in [-0.05, 0) is 59.7 Å². The highest BCUT2D eigenvalue weighted by molar-refractivity contribution is 5.91. The maximum Gasteiger partial charge on any atom is 0.289 e. The number of ether oxygens (including phenoxy) is 2. The molecule has 5 rings (SSSR count). The second-order valence-electron chi connectivity index (χ2n) is 9.72. The third kappa shape index (κ3) is 6.81. The maximum absolute atomic E-state index is 13.2. The lowest BCUT2D eigenvalue weighted by atomic mass is 10.1. The Morgan fingerprint density at radius 1 is 0.718 bits per heavy atom. The molecule has 0 unspecified atom stereocenters. The highest BCUT2D eigenvalue weighted by Crippen LogP contribution is 2.22. The topological polar surface area (TPSA) is 58.4 Å². The number of rotatable bonds is 10.